The van der Waals surface area contributed by atoms with Crippen molar-refractivity contribution in [2.75, 3.05) is 32.2 Å². The Hall–Kier alpha value is -0.380. The van der Waals surface area contributed by atoms with Crippen LogP contribution in [0.15, 0.2) is 0 Å². The monoisotopic (exact) mass is 346 g/mol. The van der Waals surface area contributed by atoms with Gasteiger partial charge >= 0.3 is 16.3 Å². The fourth-order valence-corrected chi connectivity index (χ4v) is 2.68. The first-order chi connectivity index (χ1) is 8.35. The largest absolute Gasteiger partial charge is 0.452 e. The summed E-state index contributed by atoms with van der Waals surface area (Å²) in [5.74, 6) is 0. The number of carbonyl (C=O) groups is 1. The number of alkyl halides is 1. The number of hydrogen-bond donors (Lipinski definition) is 1. The minimum Gasteiger partial charge on any atom is -0.452 e. The Morgan fingerprint density at radius 3 is 2.44 bits per heavy atom. The molecule has 0 aromatic rings. The molecule has 0 heterocycles. The SMILES string of the molecule is COC(=O)NS(=O)(=O)N(CCOCCBr)C(C)C. The van der Waals surface area contributed by atoms with Gasteiger partial charge in [0.05, 0.1) is 20.3 Å². The van der Waals surface area contributed by atoms with E-state index in [4.69, 9.17) is 4.74 Å². The Morgan fingerprint density at radius 1 is 1.39 bits per heavy atom. The van der Waals surface area contributed by atoms with Crippen molar-refractivity contribution in [2.45, 2.75) is 19.9 Å². The van der Waals surface area contributed by atoms with Gasteiger partial charge in [-0.15, -0.1) is 0 Å². The summed E-state index contributed by atoms with van der Waals surface area (Å²) >= 11 is 3.20. The predicted molar refractivity (Wildman–Crippen MR) is 70.9 cm³/mol. The molecule has 0 unspecified atom stereocenters. The van der Waals surface area contributed by atoms with E-state index in [9.17, 15) is 13.2 Å². The first-order valence-electron chi connectivity index (χ1n) is 5.36. The van der Waals surface area contributed by atoms with Crippen molar-refractivity contribution in [1.82, 2.24) is 9.03 Å². The topological polar surface area (TPSA) is 84.9 Å². The molecule has 0 saturated heterocycles. The third kappa shape index (κ3) is 6.53. The Morgan fingerprint density at radius 2 is 2.00 bits per heavy atom. The van der Waals surface area contributed by atoms with E-state index in [0.29, 0.717) is 11.9 Å². The average molecular weight is 347 g/mol. The minimum absolute atomic E-state index is 0.164. The number of halogens is 1. The van der Waals surface area contributed by atoms with Crippen molar-refractivity contribution in [3.05, 3.63) is 0 Å². The zero-order valence-corrected chi connectivity index (χ0v) is 13.1. The van der Waals surface area contributed by atoms with Crippen LogP contribution < -0.4 is 4.72 Å². The highest BCUT2D eigenvalue weighted by molar-refractivity contribution is 9.09. The summed E-state index contributed by atoms with van der Waals surface area (Å²) in [4.78, 5) is 11.0. The molecule has 1 N–H and O–H groups in total. The van der Waals surface area contributed by atoms with E-state index >= 15 is 0 Å². The predicted octanol–water partition coefficient (Wildman–Crippen LogP) is 0.709. The molecule has 0 aliphatic carbocycles. The quantitative estimate of drug-likeness (QED) is 0.516. The minimum atomic E-state index is -3.90. The standard InChI is InChI=1S/C9H19BrN2O5S/c1-8(2)12(5-7-17-6-4-10)18(14,15)11-9(13)16-3/h8H,4-7H2,1-3H3,(H,11,13). The van der Waals surface area contributed by atoms with E-state index < -0.39 is 16.3 Å². The van der Waals surface area contributed by atoms with Gasteiger partial charge < -0.3 is 9.47 Å². The molecular formula is C9H19BrN2O5S. The number of ether oxygens (including phenoxy) is 2. The first-order valence-corrected chi connectivity index (χ1v) is 7.92. The lowest BCUT2D eigenvalue weighted by Gasteiger charge is -2.25. The van der Waals surface area contributed by atoms with E-state index in [2.05, 4.69) is 20.7 Å². The molecule has 0 radical (unpaired) electrons. The number of amides is 1. The number of hydrogen-bond acceptors (Lipinski definition) is 5. The smallest absolute Gasteiger partial charge is 0.421 e. The fraction of sp³-hybridized carbons (Fsp3) is 0.889. The van der Waals surface area contributed by atoms with E-state index in [-0.39, 0.29) is 19.2 Å². The molecule has 7 nitrogen and oxygen atoms in total. The second-order valence-corrected chi connectivity index (χ2v) is 6.02. The maximum absolute atomic E-state index is 11.9. The average Bonchev–Trinajstić information content (AvgIpc) is 2.27. The van der Waals surface area contributed by atoms with Crippen LogP contribution in [0.1, 0.15) is 13.8 Å². The summed E-state index contributed by atoms with van der Waals surface area (Å²) in [7, 11) is -2.80. The van der Waals surface area contributed by atoms with Gasteiger partial charge in [0, 0.05) is 17.9 Å². The summed E-state index contributed by atoms with van der Waals surface area (Å²) in [5.41, 5.74) is 0. The van der Waals surface area contributed by atoms with E-state index in [1.165, 1.54) is 0 Å². The summed E-state index contributed by atoms with van der Waals surface area (Å²) in [6, 6.07) is -0.292. The van der Waals surface area contributed by atoms with Gasteiger partial charge in [-0.2, -0.15) is 12.7 Å². The van der Waals surface area contributed by atoms with Crippen LogP contribution in [0.25, 0.3) is 0 Å². The van der Waals surface area contributed by atoms with Crippen molar-refractivity contribution in [3.8, 4) is 0 Å². The highest BCUT2D eigenvalue weighted by Gasteiger charge is 2.26. The van der Waals surface area contributed by atoms with Crippen LogP contribution in [0.5, 0.6) is 0 Å². The lowest BCUT2D eigenvalue weighted by molar-refractivity contribution is 0.131. The maximum atomic E-state index is 11.9. The van der Waals surface area contributed by atoms with Gasteiger partial charge in [-0.05, 0) is 13.8 Å². The van der Waals surface area contributed by atoms with Crippen molar-refractivity contribution < 1.29 is 22.7 Å². The van der Waals surface area contributed by atoms with Gasteiger partial charge in [0.15, 0.2) is 0 Å². The van der Waals surface area contributed by atoms with Gasteiger partial charge in [0.1, 0.15) is 0 Å². The second kappa shape index (κ2) is 8.68. The molecular weight excluding hydrogens is 328 g/mol. The number of carbonyl (C=O) groups excluding carboxylic acids is 1. The van der Waals surface area contributed by atoms with Gasteiger partial charge in [-0.3, -0.25) is 0 Å². The number of nitrogens with zero attached hydrogens (tertiary/aromatic N) is 1. The molecule has 0 saturated carbocycles. The second-order valence-electron chi connectivity index (χ2n) is 3.60. The molecule has 0 fully saturated rings. The van der Waals surface area contributed by atoms with Gasteiger partial charge in [0.2, 0.25) is 0 Å². The Labute approximate surface area is 116 Å². The molecule has 0 bridgehead atoms. The third-order valence-electron chi connectivity index (χ3n) is 1.96. The van der Waals surface area contributed by atoms with Crippen molar-refractivity contribution in [1.29, 1.82) is 0 Å². The normalized spacial score (nSPS) is 11.9. The van der Waals surface area contributed by atoms with Gasteiger partial charge in [-0.1, -0.05) is 15.9 Å². The van der Waals surface area contributed by atoms with Crippen LogP contribution in [-0.4, -0.2) is 57.1 Å². The van der Waals surface area contributed by atoms with Crippen LogP contribution in [0, 0.1) is 0 Å². The molecule has 0 atom stereocenters. The fourth-order valence-electron chi connectivity index (χ4n) is 1.17. The highest BCUT2D eigenvalue weighted by Crippen LogP contribution is 2.05. The summed E-state index contributed by atoms with van der Waals surface area (Å²) < 4.78 is 36.1. The third-order valence-corrected chi connectivity index (χ3v) is 3.93. The molecule has 0 aliphatic heterocycles. The van der Waals surface area contributed by atoms with Crippen molar-refractivity contribution in [3.63, 3.8) is 0 Å². The molecule has 0 rings (SSSR count). The summed E-state index contributed by atoms with van der Waals surface area (Å²) in [6.07, 6.45) is -1.01. The maximum Gasteiger partial charge on any atom is 0.421 e. The highest BCUT2D eigenvalue weighted by atomic mass is 79.9. The van der Waals surface area contributed by atoms with Crippen LogP contribution >= 0.6 is 15.9 Å². The van der Waals surface area contributed by atoms with Crippen molar-refractivity contribution in [2.24, 2.45) is 0 Å². The zero-order chi connectivity index (χ0) is 14.2. The Balaban J connectivity index is 4.52. The molecule has 0 aromatic carbocycles. The zero-order valence-electron chi connectivity index (χ0n) is 10.7. The van der Waals surface area contributed by atoms with Crippen molar-refractivity contribution >= 4 is 32.2 Å². The Bertz CT molecular complexity index is 347. The van der Waals surface area contributed by atoms with Crippen LogP contribution in [0.4, 0.5) is 4.79 Å². The van der Waals surface area contributed by atoms with Crippen LogP contribution in [0.3, 0.4) is 0 Å². The molecule has 0 spiro atoms. The molecule has 18 heavy (non-hydrogen) atoms. The van der Waals surface area contributed by atoms with E-state index in [0.717, 1.165) is 11.4 Å². The lowest BCUT2D eigenvalue weighted by Crippen LogP contribution is -2.47. The lowest BCUT2D eigenvalue weighted by atomic mass is 10.4. The number of methoxy groups -OCH3 is 1. The van der Waals surface area contributed by atoms with E-state index in [1.807, 2.05) is 0 Å². The molecule has 108 valence electrons. The van der Waals surface area contributed by atoms with Gasteiger partial charge in [-0.25, -0.2) is 9.52 Å². The number of nitrogens with one attached hydrogen (secondary N) is 1. The summed E-state index contributed by atoms with van der Waals surface area (Å²) in [5, 5.41) is 0.682. The van der Waals surface area contributed by atoms with Crippen LogP contribution in [0.2, 0.25) is 0 Å². The first kappa shape index (κ1) is 17.6. The summed E-state index contributed by atoms with van der Waals surface area (Å²) in [6.45, 7) is 4.33. The molecule has 0 aromatic heterocycles. The molecule has 9 heteroatoms. The van der Waals surface area contributed by atoms with Gasteiger partial charge in [0.25, 0.3) is 0 Å². The molecule has 1 amide bonds. The Kier molecular flexibility index (Phi) is 8.49. The van der Waals surface area contributed by atoms with Crippen LogP contribution in [-0.2, 0) is 19.7 Å². The number of rotatable bonds is 8. The molecule has 0 aliphatic rings. The van der Waals surface area contributed by atoms with E-state index in [1.54, 1.807) is 18.6 Å².